The number of carbonyl (C=O) groups excluding carboxylic acids is 1. The standard InChI is InChI=1S/C39H46O3/c1-4-5-28-6-8-29(9-7-28)10-11-30-12-13-32-23-33(15-14-31(32)22-30)34-16-17-36-25-37(19-18-35(36)24-34)38(20-21-40)26-42-39(41)27(2)3/h12-19,22-25,28-29,38,40H,2,4-11,20-21,26H2,1,3H3. The van der Waals surface area contributed by atoms with Crippen molar-refractivity contribution in [3.8, 4) is 11.1 Å². The molecule has 3 nitrogen and oxygen atoms in total. The molecule has 5 rings (SSSR count). The lowest BCUT2D eigenvalue weighted by Crippen LogP contribution is -2.15. The summed E-state index contributed by atoms with van der Waals surface area (Å²) < 4.78 is 5.41. The Morgan fingerprint density at radius 1 is 0.833 bits per heavy atom. The first-order valence-electron chi connectivity index (χ1n) is 15.9. The van der Waals surface area contributed by atoms with E-state index >= 15 is 0 Å². The minimum absolute atomic E-state index is 0.0374. The first-order chi connectivity index (χ1) is 20.4. The van der Waals surface area contributed by atoms with Crippen molar-refractivity contribution in [2.45, 2.75) is 77.6 Å². The summed E-state index contributed by atoms with van der Waals surface area (Å²) in [5.41, 5.74) is 5.32. The molecule has 0 bridgehead atoms. The third-order valence-electron chi connectivity index (χ3n) is 9.32. The molecule has 0 aromatic heterocycles. The highest BCUT2D eigenvalue weighted by Gasteiger charge is 2.20. The molecule has 1 unspecified atom stereocenters. The first kappa shape index (κ1) is 30.0. The SMILES string of the molecule is C=C(C)C(=O)OCC(CCO)c1ccc2cc(-c3ccc4cc(CCC5CCC(CCC)CC5)ccc4c3)ccc2c1. The zero-order valence-corrected chi connectivity index (χ0v) is 25.4. The van der Waals surface area contributed by atoms with Crippen molar-refractivity contribution in [2.24, 2.45) is 11.8 Å². The predicted octanol–water partition coefficient (Wildman–Crippen LogP) is 9.78. The van der Waals surface area contributed by atoms with Gasteiger partial charge in [-0.25, -0.2) is 4.79 Å². The van der Waals surface area contributed by atoms with Crippen LogP contribution in [0.1, 0.15) is 82.3 Å². The van der Waals surface area contributed by atoms with Crippen LogP contribution in [0.5, 0.6) is 0 Å². The number of aliphatic hydroxyl groups excluding tert-OH is 1. The van der Waals surface area contributed by atoms with Gasteiger partial charge in [-0.2, -0.15) is 0 Å². The van der Waals surface area contributed by atoms with Crippen LogP contribution in [0.2, 0.25) is 0 Å². The maximum atomic E-state index is 11.9. The van der Waals surface area contributed by atoms with Gasteiger partial charge in [0.15, 0.2) is 0 Å². The molecule has 4 aromatic rings. The molecule has 1 aliphatic carbocycles. The molecule has 0 aliphatic heterocycles. The highest BCUT2D eigenvalue weighted by Crippen LogP contribution is 2.35. The van der Waals surface area contributed by atoms with Crippen LogP contribution in [0.15, 0.2) is 84.9 Å². The van der Waals surface area contributed by atoms with Crippen molar-refractivity contribution < 1.29 is 14.6 Å². The van der Waals surface area contributed by atoms with E-state index in [4.69, 9.17) is 4.74 Å². The van der Waals surface area contributed by atoms with E-state index < -0.39 is 5.97 Å². The smallest absolute Gasteiger partial charge is 0.333 e. The topological polar surface area (TPSA) is 46.5 Å². The minimum Gasteiger partial charge on any atom is -0.462 e. The van der Waals surface area contributed by atoms with Gasteiger partial charge in [-0.3, -0.25) is 0 Å². The number of hydrogen-bond acceptors (Lipinski definition) is 3. The van der Waals surface area contributed by atoms with Gasteiger partial charge in [0.2, 0.25) is 0 Å². The van der Waals surface area contributed by atoms with Crippen LogP contribution in [-0.4, -0.2) is 24.3 Å². The summed E-state index contributed by atoms with van der Waals surface area (Å²) in [6.07, 6.45) is 11.5. The summed E-state index contributed by atoms with van der Waals surface area (Å²) in [5.74, 6) is 1.43. The lowest BCUT2D eigenvalue weighted by Gasteiger charge is -2.28. The molecule has 220 valence electrons. The maximum absolute atomic E-state index is 11.9. The van der Waals surface area contributed by atoms with E-state index in [1.165, 1.54) is 78.8 Å². The molecule has 42 heavy (non-hydrogen) atoms. The Morgan fingerprint density at radius 2 is 1.40 bits per heavy atom. The third kappa shape index (κ3) is 7.50. The number of aliphatic hydroxyl groups is 1. The van der Waals surface area contributed by atoms with Gasteiger partial charge >= 0.3 is 5.97 Å². The second-order valence-corrected chi connectivity index (χ2v) is 12.5. The second-order valence-electron chi connectivity index (χ2n) is 12.5. The van der Waals surface area contributed by atoms with Crippen LogP contribution in [-0.2, 0) is 16.0 Å². The van der Waals surface area contributed by atoms with Gasteiger partial charge in [0.05, 0.1) is 6.61 Å². The Balaban J connectivity index is 1.26. The Labute approximate surface area is 251 Å². The van der Waals surface area contributed by atoms with Crippen molar-refractivity contribution in [3.63, 3.8) is 0 Å². The Hall–Kier alpha value is -3.43. The Morgan fingerprint density at radius 3 is 2.02 bits per heavy atom. The summed E-state index contributed by atoms with van der Waals surface area (Å²) >= 11 is 0. The Bertz CT molecular complexity index is 1530. The monoisotopic (exact) mass is 562 g/mol. The summed E-state index contributed by atoms with van der Waals surface area (Å²) in [6.45, 7) is 7.88. The summed E-state index contributed by atoms with van der Waals surface area (Å²) in [7, 11) is 0. The van der Waals surface area contributed by atoms with E-state index in [2.05, 4.69) is 86.3 Å². The van der Waals surface area contributed by atoms with Gasteiger partial charge in [0.1, 0.15) is 0 Å². The van der Waals surface area contributed by atoms with E-state index in [9.17, 15) is 9.90 Å². The first-order valence-corrected chi connectivity index (χ1v) is 15.9. The molecule has 0 radical (unpaired) electrons. The van der Waals surface area contributed by atoms with Gasteiger partial charge in [-0.1, -0.05) is 113 Å². The number of benzene rings is 4. The van der Waals surface area contributed by atoms with Crippen LogP contribution in [0.25, 0.3) is 32.7 Å². The molecular weight excluding hydrogens is 516 g/mol. The third-order valence-corrected chi connectivity index (χ3v) is 9.32. The number of ether oxygens (including phenoxy) is 1. The van der Waals surface area contributed by atoms with Gasteiger partial charge in [-0.15, -0.1) is 0 Å². The fourth-order valence-corrected chi connectivity index (χ4v) is 6.72. The fourth-order valence-electron chi connectivity index (χ4n) is 6.72. The molecule has 1 aliphatic rings. The average molecular weight is 563 g/mol. The number of hydrogen-bond donors (Lipinski definition) is 1. The highest BCUT2D eigenvalue weighted by molar-refractivity contribution is 5.92. The van der Waals surface area contributed by atoms with Crippen molar-refractivity contribution >= 4 is 27.5 Å². The van der Waals surface area contributed by atoms with Crippen molar-refractivity contribution in [2.75, 3.05) is 13.2 Å². The van der Waals surface area contributed by atoms with Gasteiger partial charge < -0.3 is 9.84 Å². The Kier molecular flexibility index (Phi) is 10.1. The van der Waals surface area contributed by atoms with Crippen LogP contribution in [0.3, 0.4) is 0 Å². The lowest BCUT2D eigenvalue weighted by molar-refractivity contribution is -0.139. The zero-order valence-electron chi connectivity index (χ0n) is 25.4. The predicted molar refractivity (Wildman–Crippen MR) is 176 cm³/mol. The van der Waals surface area contributed by atoms with Crippen molar-refractivity contribution in [3.05, 3.63) is 96.1 Å². The van der Waals surface area contributed by atoms with Gasteiger partial charge in [-0.05, 0) is 94.0 Å². The largest absolute Gasteiger partial charge is 0.462 e. The second kappa shape index (κ2) is 14.2. The normalized spacial score (nSPS) is 17.8. The van der Waals surface area contributed by atoms with Crippen LogP contribution in [0.4, 0.5) is 0 Å². The highest BCUT2D eigenvalue weighted by atomic mass is 16.5. The molecule has 1 saturated carbocycles. The number of carbonyl (C=O) groups is 1. The summed E-state index contributed by atoms with van der Waals surface area (Å²) in [4.78, 5) is 11.9. The van der Waals surface area contributed by atoms with E-state index in [0.29, 0.717) is 12.0 Å². The minimum atomic E-state index is -0.394. The number of esters is 1. The molecular formula is C39H46O3. The quantitative estimate of drug-likeness (QED) is 0.138. The van der Waals surface area contributed by atoms with Crippen molar-refractivity contribution in [1.82, 2.24) is 0 Å². The van der Waals surface area contributed by atoms with E-state index in [1.54, 1.807) is 6.92 Å². The van der Waals surface area contributed by atoms with E-state index in [0.717, 1.165) is 28.2 Å². The number of aryl methyl sites for hydroxylation is 1. The summed E-state index contributed by atoms with van der Waals surface area (Å²) in [6, 6.07) is 26.8. The molecule has 4 aromatic carbocycles. The fraction of sp³-hybridized carbons (Fsp3) is 0.410. The molecule has 0 amide bonds. The molecule has 0 saturated heterocycles. The van der Waals surface area contributed by atoms with Gasteiger partial charge in [0.25, 0.3) is 0 Å². The van der Waals surface area contributed by atoms with E-state index in [-0.39, 0.29) is 19.1 Å². The van der Waals surface area contributed by atoms with Crippen LogP contribution in [0, 0.1) is 11.8 Å². The average Bonchev–Trinajstić information content (AvgIpc) is 3.01. The molecule has 1 atom stereocenters. The molecule has 0 heterocycles. The van der Waals surface area contributed by atoms with Gasteiger partial charge in [0, 0.05) is 18.1 Å². The summed E-state index contributed by atoms with van der Waals surface area (Å²) in [5, 5.41) is 14.5. The van der Waals surface area contributed by atoms with Crippen LogP contribution >= 0.6 is 0 Å². The molecule has 0 spiro atoms. The number of rotatable bonds is 12. The molecule has 3 heteroatoms. The van der Waals surface area contributed by atoms with Crippen molar-refractivity contribution in [1.29, 1.82) is 0 Å². The van der Waals surface area contributed by atoms with Crippen LogP contribution < -0.4 is 0 Å². The molecule has 1 N–H and O–H groups in total. The molecule has 1 fully saturated rings. The zero-order chi connectivity index (χ0) is 29.5. The maximum Gasteiger partial charge on any atom is 0.333 e. The lowest BCUT2D eigenvalue weighted by atomic mass is 9.78. The number of fused-ring (bicyclic) bond motifs is 2. The van der Waals surface area contributed by atoms with E-state index in [1.807, 2.05) is 0 Å².